The molecular weight excluding hydrogens is 264 g/mol. The third-order valence-corrected chi connectivity index (χ3v) is 2.62. The van der Waals surface area contributed by atoms with Crippen LogP contribution in [0.5, 0.6) is 0 Å². The molecule has 4 nitrogen and oxygen atoms in total. The number of hydrogen-bond donors (Lipinski definition) is 1. The van der Waals surface area contributed by atoms with Crippen molar-refractivity contribution in [3.63, 3.8) is 0 Å². The maximum atomic E-state index is 12.3. The quantitative estimate of drug-likeness (QED) is 0.306. The summed E-state index contributed by atoms with van der Waals surface area (Å²) in [7, 11) is 0. The van der Waals surface area contributed by atoms with Gasteiger partial charge in [-0.15, -0.1) is 4.33 Å². The molecule has 0 bridgehead atoms. The molecule has 0 aliphatic heterocycles. The van der Waals surface area contributed by atoms with Crippen LogP contribution in [0.25, 0.3) is 0 Å². The molecule has 0 saturated heterocycles. The minimum atomic E-state index is -0.769. The van der Waals surface area contributed by atoms with E-state index in [1.54, 1.807) is 42.5 Å². The van der Waals surface area contributed by atoms with Crippen LogP contribution in [0.1, 0.15) is 26.3 Å². The first-order valence-electron chi connectivity index (χ1n) is 5.45. The molecule has 0 aliphatic rings. The van der Waals surface area contributed by atoms with E-state index in [1.165, 1.54) is 6.07 Å². The van der Waals surface area contributed by atoms with Crippen molar-refractivity contribution in [2.45, 2.75) is 0 Å². The van der Waals surface area contributed by atoms with E-state index in [-0.39, 0.29) is 16.9 Å². The van der Waals surface area contributed by atoms with Crippen LogP contribution in [0.2, 0.25) is 0 Å². The molecule has 5 heteroatoms. The van der Waals surface area contributed by atoms with Crippen molar-refractivity contribution < 1.29 is 18.8 Å². The zero-order chi connectivity index (χ0) is 13.7. The van der Waals surface area contributed by atoms with Crippen LogP contribution in [-0.2, 0) is 9.22 Å². The van der Waals surface area contributed by atoms with Gasteiger partial charge in [-0.25, -0.2) is 4.79 Å². The van der Waals surface area contributed by atoms with Gasteiger partial charge >= 0.3 is 5.97 Å². The molecule has 2 aromatic rings. The highest BCUT2D eigenvalue weighted by molar-refractivity contribution is 7.74. The Bertz CT molecular complexity index is 595. The van der Waals surface area contributed by atoms with E-state index >= 15 is 0 Å². The molecule has 0 atom stereocenters. The topological polar surface area (TPSA) is 52.6 Å². The van der Waals surface area contributed by atoms with Crippen LogP contribution < -0.4 is 0 Å². The Morgan fingerprint density at radius 1 is 0.842 bits per heavy atom. The second-order valence-electron chi connectivity index (χ2n) is 3.69. The Labute approximate surface area is 115 Å². The molecule has 0 spiro atoms. The van der Waals surface area contributed by atoms with Crippen molar-refractivity contribution in [1.29, 1.82) is 0 Å². The third kappa shape index (κ3) is 3.01. The summed E-state index contributed by atoms with van der Waals surface area (Å²) < 4.78 is 4.03. The molecule has 19 heavy (non-hydrogen) atoms. The number of ketones is 1. The summed E-state index contributed by atoms with van der Waals surface area (Å²) in [5.74, 6) is -1.03. The zero-order valence-electron chi connectivity index (χ0n) is 9.78. The van der Waals surface area contributed by atoms with Crippen LogP contribution in [0, 0.1) is 0 Å². The van der Waals surface area contributed by atoms with Gasteiger partial charge in [0.15, 0.2) is 5.78 Å². The van der Waals surface area contributed by atoms with Crippen molar-refractivity contribution in [3.8, 4) is 0 Å². The first-order chi connectivity index (χ1) is 9.24. The van der Waals surface area contributed by atoms with E-state index in [1.807, 2.05) is 6.07 Å². The van der Waals surface area contributed by atoms with E-state index in [9.17, 15) is 9.59 Å². The van der Waals surface area contributed by atoms with Crippen LogP contribution in [0.15, 0.2) is 54.6 Å². The highest BCUT2D eigenvalue weighted by Crippen LogP contribution is 2.16. The van der Waals surface area contributed by atoms with E-state index in [0.717, 1.165) is 0 Å². The van der Waals surface area contributed by atoms with Gasteiger partial charge in [0.05, 0.1) is 5.56 Å². The molecule has 0 heterocycles. The molecule has 2 aromatic carbocycles. The third-order valence-electron chi connectivity index (χ3n) is 2.54. The van der Waals surface area contributed by atoms with E-state index in [0.29, 0.717) is 5.56 Å². The van der Waals surface area contributed by atoms with Gasteiger partial charge in [0.2, 0.25) is 0 Å². The number of rotatable bonds is 4. The Hall–Kier alpha value is -2.11. The summed E-state index contributed by atoms with van der Waals surface area (Å²) in [5, 5.41) is 0. The Kier molecular flexibility index (Phi) is 4.33. The predicted molar refractivity (Wildman–Crippen MR) is 71.8 cm³/mol. The minimum Gasteiger partial charge on any atom is -0.289 e. The summed E-state index contributed by atoms with van der Waals surface area (Å²) in [6.07, 6.45) is 0. The van der Waals surface area contributed by atoms with Crippen LogP contribution in [0.4, 0.5) is 0 Å². The average molecular weight is 274 g/mol. The second kappa shape index (κ2) is 6.17. The molecule has 0 saturated carbocycles. The van der Waals surface area contributed by atoms with Crippen molar-refractivity contribution in [2.75, 3.05) is 0 Å². The maximum Gasteiger partial charge on any atom is 0.375 e. The molecule has 0 unspecified atom stereocenters. The molecular formula is C14H10O4S. The minimum absolute atomic E-state index is 0.130. The number of benzene rings is 2. The second-order valence-corrected chi connectivity index (χ2v) is 3.84. The summed E-state index contributed by atoms with van der Waals surface area (Å²) >= 11 is 3.34. The van der Waals surface area contributed by atoms with Gasteiger partial charge in [0.25, 0.3) is 0 Å². The van der Waals surface area contributed by atoms with Gasteiger partial charge in [-0.2, -0.15) is 0 Å². The van der Waals surface area contributed by atoms with Crippen molar-refractivity contribution in [1.82, 2.24) is 0 Å². The summed E-state index contributed by atoms with van der Waals surface area (Å²) in [4.78, 5) is 28.3. The van der Waals surface area contributed by atoms with Crippen LogP contribution in [0.3, 0.4) is 0 Å². The standard InChI is InChI=1S/C14H10O4S/c15-13(10-6-2-1-3-7-10)11-8-4-5-9-12(11)14(16)17-18-19/h1-9,19H. The first kappa shape index (κ1) is 13.3. The van der Waals surface area contributed by atoms with E-state index in [4.69, 9.17) is 0 Å². The summed E-state index contributed by atoms with van der Waals surface area (Å²) in [6, 6.07) is 15.0. The van der Waals surface area contributed by atoms with Crippen LogP contribution in [-0.4, -0.2) is 11.8 Å². The molecule has 0 aromatic heterocycles. The van der Waals surface area contributed by atoms with Gasteiger partial charge in [0, 0.05) is 24.0 Å². The van der Waals surface area contributed by atoms with Crippen molar-refractivity contribution in [2.24, 2.45) is 0 Å². The van der Waals surface area contributed by atoms with Crippen LogP contribution >= 0.6 is 12.9 Å². The lowest BCUT2D eigenvalue weighted by Crippen LogP contribution is -2.11. The highest BCUT2D eigenvalue weighted by atomic mass is 32.1. The molecule has 0 aliphatic carbocycles. The van der Waals surface area contributed by atoms with E-state index in [2.05, 4.69) is 22.1 Å². The molecule has 0 fully saturated rings. The smallest absolute Gasteiger partial charge is 0.289 e. The number of hydrogen-bond acceptors (Lipinski definition) is 5. The van der Waals surface area contributed by atoms with Gasteiger partial charge in [-0.1, -0.05) is 48.5 Å². The predicted octanol–water partition coefficient (Wildman–Crippen LogP) is 2.85. The lowest BCUT2D eigenvalue weighted by molar-refractivity contribution is -0.130. The van der Waals surface area contributed by atoms with Crippen molar-refractivity contribution in [3.05, 3.63) is 71.3 Å². The van der Waals surface area contributed by atoms with Gasteiger partial charge < -0.3 is 0 Å². The van der Waals surface area contributed by atoms with Gasteiger partial charge in [-0.3, -0.25) is 9.68 Å². The molecule has 0 radical (unpaired) electrons. The fraction of sp³-hybridized carbons (Fsp3) is 0. The first-order valence-corrected chi connectivity index (χ1v) is 5.81. The molecule has 0 N–H and O–H groups in total. The van der Waals surface area contributed by atoms with E-state index < -0.39 is 5.97 Å². The summed E-state index contributed by atoms with van der Waals surface area (Å²) in [5.41, 5.74) is 0.879. The number of carbonyl (C=O) groups is 2. The number of thiol groups is 1. The molecule has 2 rings (SSSR count). The zero-order valence-corrected chi connectivity index (χ0v) is 10.7. The van der Waals surface area contributed by atoms with Crippen molar-refractivity contribution >= 4 is 24.7 Å². The fourth-order valence-corrected chi connectivity index (χ4v) is 1.75. The fourth-order valence-electron chi connectivity index (χ4n) is 1.68. The summed E-state index contributed by atoms with van der Waals surface area (Å²) in [6.45, 7) is 0. The average Bonchev–Trinajstić information content (AvgIpc) is 2.47. The lowest BCUT2D eigenvalue weighted by Gasteiger charge is -2.06. The monoisotopic (exact) mass is 274 g/mol. The Morgan fingerprint density at radius 3 is 2.05 bits per heavy atom. The normalized spacial score (nSPS) is 9.95. The molecule has 0 amide bonds. The SMILES string of the molecule is O=C(OOS)c1ccccc1C(=O)c1ccccc1. The largest absolute Gasteiger partial charge is 0.375 e. The number of carbonyl (C=O) groups excluding carboxylic acids is 2. The highest BCUT2D eigenvalue weighted by Gasteiger charge is 2.19. The maximum absolute atomic E-state index is 12.3. The molecule has 96 valence electrons. The van der Waals surface area contributed by atoms with Gasteiger partial charge in [-0.05, 0) is 6.07 Å². The Morgan fingerprint density at radius 2 is 1.42 bits per heavy atom. The Balaban J connectivity index is 2.40. The lowest BCUT2D eigenvalue weighted by atomic mass is 9.98. The van der Waals surface area contributed by atoms with Gasteiger partial charge in [0.1, 0.15) is 0 Å².